The van der Waals surface area contributed by atoms with Gasteiger partial charge >= 0.3 is 26.0 Å². The molecule has 0 N–H and O–H groups in total. The smallest absolute Gasteiger partial charge is 0.312 e. The molecular weight excluding hydrogens is 488 g/mol. The number of nitrogens with zero attached hydrogens (tertiary/aromatic N) is 3. The van der Waals surface area contributed by atoms with Crippen LogP contribution < -0.4 is 0 Å². The lowest BCUT2D eigenvalue weighted by molar-refractivity contribution is -0.377. The minimum atomic E-state index is -4.70. The summed E-state index contributed by atoms with van der Waals surface area (Å²) in [6.07, 6.45) is -20.7. The van der Waals surface area contributed by atoms with Crippen LogP contribution in [0.2, 0.25) is 0 Å². The van der Waals surface area contributed by atoms with Crippen LogP contribution >= 0.6 is 0 Å². The van der Waals surface area contributed by atoms with Gasteiger partial charge < -0.3 is 14.0 Å². The van der Waals surface area contributed by atoms with Crippen molar-refractivity contribution in [3.8, 4) is 0 Å². The minimum Gasteiger partial charge on any atom is -0.312 e. The number of alkyl halides is 9. The van der Waals surface area contributed by atoms with Gasteiger partial charge in [0, 0.05) is 19.6 Å². The van der Waals surface area contributed by atoms with E-state index in [1.54, 1.807) is 0 Å². The molecule has 0 amide bonds. The van der Waals surface area contributed by atoms with Crippen molar-refractivity contribution in [2.45, 2.75) is 95.4 Å². The van der Waals surface area contributed by atoms with Crippen LogP contribution in [0.25, 0.3) is 0 Å². The molecule has 3 fully saturated rings. The molecule has 0 spiro atoms. The van der Waals surface area contributed by atoms with Gasteiger partial charge in [-0.2, -0.15) is 41.0 Å². The summed E-state index contributed by atoms with van der Waals surface area (Å²) >= 11 is 0. The zero-order valence-corrected chi connectivity index (χ0v) is 18.3. The molecule has 198 valence electrons. The van der Waals surface area contributed by atoms with E-state index in [0.717, 1.165) is 0 Å². The first-order valence-corrected chi connectivity index (χ1v) is 11.2. The summed E-state index contributed by atoms with van der Waals surface area (Å²) in [4.78, 5) is -0.446. The van der Waals surface area contributed by atoms with Gasteiger partial charge in [0.1, 0.15) is 0 Å². The summed E-state index contributed by atoms with van der Waals surface area (Å²) in [5, 5.41) is 0. The highest BCUT2D eigenvalue weighted by Crippen LogP contribution is 2.37. The molecule has 3 atom stereocenters. The molecule has 34 heavy (non-hydrogen) atoms. The van der Waals surface area contributed by atoms with Crippen molar-refractivity contribution < 1.29 is 53.5 Å². The Morgan fingerprint density at radius 3 is 1.00 bits per heavy atom. The van der Waals surface area contributed by atoms with Crippen molar-refractivity contribution in [1.82, 2.24) is 14.7 Å². The van der Waals surface area contributed by atoms with Gasteiger partial charge in [-0.25, -0.2) is 13.2 Å². The Balaban J connectivity index is 1.81. The van der Waals surface area contributed by atoms with Gasteiger partial charge in [0.15, 0.2) is 18.9 Å². The highest BCUT2D eigenvalue weighted by Gasteiger charge is 2.58. The standard InChI is InChI=1S/C18H27BF9N3O3/c20-13-7-1-4-10-29(13)16(23,24)32-19(33-17(25,26)30-11-5-2-8-14(30)21)34-18(27,28)31-12-6-3-9-15(31)22/h13-15H,1-12H2. The SMILES string of the molecule is FC1CCCCN1C(F)(F)OB(OC(F)(F)N1CCCCC1F)OC(F)(F)N1CCCCC1F. The van der Waals surface area contributed by atoms with E-state index in [0.29, 0.717) is 0 Å². The van der Waals surface area contributed by atoms with E-state index in [4.69, 9.17) is 0 Å². The maximum Gasteiger partial charge on any atom is 0.655 e. The molecule has 3 rings (SSSR count). The normalized spacial score (nSPS) is 29.4. The Kier molecular flexibility index (Phi) is 9.05. The quantitative estimate of drug-likeness (QED) is 0.244. The number of hydrogen-bond acceptors (Lipinski definition) is 6. The van der Waals surface area contributed by atoms with Crippen molar-refractivity contribution in [2.24, 2.45) is 0 Å². The van der Waals surface area contributed by atoms with Crippen LogP contribution in [0.3, 0.4) is 0 Å². The zero-order chi connectivity index (χ0) is 25.1. The summed E-state index contributed by atoms with van der Waals surface area (Å²) in [6.45, 7) is -1.69. The molecule has 3 saturated heterocycles. The largest absolute Gasteiger partial charge is 0.655 e. The molecule has 0 aliphatic carbocycles. The van der Waals surface area contributed by atoms with Crippen molar-refractivity contribution in [1.29, 1.82) is 0 Å². The van der Waals surface area contributed by atoms with Gasteiger partial charge in [-0.3, -0.25) is 0 Å². The molecule has 3 aliphatic heterocycles. The number of hydrogen-bond donors (Lipinski definition) is 0. The lowest BCUT2D eigenvalue weighted by Crippen LogP contribution is -2.60. The summed E-state index contributed by atoms with van der Waals surface area (Å²) in [7, 11) is -3.50. The van der Waals surface area contributed by atoms with Crippen molar-refractivity contribution in [2.75, 3.05) is 19.6 Å². The maximum absolute atomic E-state index is 14.6. The molecule has 3 aliphatic rings. The fourth-order valence-electron chi connectivity index (χ4n) is 4.17. The van der Waals surface area contributed by atoms with Gasteiger partial charge in [-0.05, 0) is 57.8 Å². The Morgan fingerprint density at radius 2 is 0.765 bits per heavy atom. The van der Waals surface area contributed by atoms with Gasteiger partial charge in [0.05, 0.1) is 0 Å². The van der Waals surface area contributed by atoms with Crippen LogP contribution in [0.1, 0.15) is 57.8 Å². The van der Waals surface area contributed by atoms with Crippen LogP contribution in [0.5, 0.6) is 0 Å². The fraction of sp³-hybridized carbons (Fsp3) is 1.00. The van der Waals surface area contributed by atoms with Gasteiger partial charge in [0.2, 0.25) is 0 Å². The topological polar surface area (TPSA) is 37.4 Å². The van der Waals surface area contributed by atoms with E-state index in [1.807, 2.05) is 0 Å². The predicted molar refractivity (Wildman–Crippen MR) is 100 cm³/mol. The van der Waals surface area contributed by atoms with E-state index in [2.05, 4.69) is 14.0 Å². The summed E-state index contributed by atoms with van der Waals surface area (Å²) in [5.41, 5.74) is 0. The second-order valence-electron chi connectivity index (χ2n) is 8.47. The molecule has 0 aromatic heterocycles. The first kappa shape index (κ1) is 27.8. The minimum absolute atomic E-state index is 0.104. The molecule has 0 aromatic carbocycles. The van der Waals surface area contributed by atoms with Gasteiger partial charge in [0.25, 0.3) is 0 Å². The molecule has 16 heteroatoms. The third-order valence-electron chi connectivity index (χ3n) is 6.01. The van der Waals surface area contributed by atoms with E-state index < -0.39 is 64.5 Å². The lowest BCUT2D eigenvalue weighted by Gasteiger charge is -2.40. The molecule has 0 saturated carbocycles. The number of piperidine rings is 3. The number of rotatable bonds is 9. The maximum atomic E-state index is 14.6. The van der Waals surface area contributed by atoms with E-state index in [-0.39, 0.29) is 72.5 Å². The summed E-state index contributed by atoms with van der Waals surface area (Å²) in [6, 6.07) is 0. The fourth-order valence-corrected chi connectivity index (χ4v) is 4.17. The van der Waals surface area contributed by atoms with Crippen LogP contribution in [0.4, 0.5) is 39.5 Å². The van der Waals surface area contributed by atoms with E-state index in [9.17, 15) is 39.5 Å². The average Bonchev–Trinajstić information content (AvgIpc) is 2.73. The predicted octanol–water partition coefficient (Wildman–Crippen LogP) is 5.02. The van der Waals surface area contributed by atoms with Crippen molar-refractivity contribution in [3.63, 3.8) is 0 Å². The highest BCUT2D eigenvalue weighted by molar-refractivity contribution is 6.36. The zero-order valence-electron chi connectivity index (χ0n) is 18.3. The Bertz CT molecular complexity index is 584. The molecular formula is C18H27BF9N3O3. The Morgan fingerprint density at radius 1 is 0.500 bits per heavy atom. The third-order valence-corrected chi connectivity index (χ3v) is 6.01. The Hall–Kier alpha value is -0.805. The average molecular weight is 515 g/mol. The number of likely N-dealkylation sites (tertiary alicyclic amines) is 3. The lowest BCUT2D eigenvalue weighted by atomic mass is 10.1. The second kappa shape index (κ2) is 11.1. The molecule has 0 radical (unpaired) electrons. The van der Waals surface area contributed by atoms with Crippen molar-refractivity contribution in [3.05, 3.63) is 0 Å². The molecule has 0 bridgehead atoms. The van der Waals surface area contributed by atoms with Crippen molar-refractivity contribution >= 4 is 7.32 Å². The molecule has 3 unspecified atom stereocenters. The highest BCUT2D eigenvalue weighted by atomic mass is 19.3. The second-order valence-corrected chi connectivity index (χ2v) is 8.47. The van der Waals surface area contributed by atoms with Crippen LogP contribution in [0, 0.1) is 0 Å². The van der Waals surface area contributed by atoms with Gasteiger partial charge in [-0.1, -0.05) is 0 Å². The van der Waals surface area contributed by atoms with Crippen LogP contribution in [-0.2, 0) is 14.0 Å². The molecule has 3 heterocycles. The summed E-state index contributed by atoms with van der Waals surface area (Å²) in [5.74, 6) is 0. The van der Waals surface area contributed by atoms with E-state index in [1.165, 1.54) is 0 Å². The number of halogens is 9. The first-order valence-electron chi connectivity index (χ1n) is 11.2. The Labute approximate surface area is 191 Å². The van der Waals surface area contributed by atoms with Crippen LogP contribution in [-0.4, -0.2) is 79.2 Å². The van der Waals surface area contributed by atoms with E-state index >= 15 is 0 Å². The first-order chi connectivity index (χ1) is 15.8. The van der Waals surface area contributed by atoms with Gasteiger partial charge in [-0.15, -0.1) is 0 Å². The van der Waals surface area contributed by atoms with Crippen LogP contribution in [0.15, 0.2) is 0 Å². The monoisotopic (exact) mass is 515 g/mol. The summed E-state index contributed by atoms with van der Waals surface area (Å²) < 4.78 is 142. The molecule has 0 aromatic rings. The third kappa shape index (κ3) is 6.69. The molecule has 6 nitrogen and oxygen atoms in total.